The second-order valence-corrected chi connectivity index (χ2v) is 7.18. The van der Waals surface area contributed by atoms with Crippen molar-refractivity contribution in [1.29, 1.82) is 0 Å². The van der Waals surface area contributed by atoms with Crippen LogP contribution in [0.5, 0.6) is 0 Å². The van der Waals surface area contributed by atoms with Crippen LogP contribution in [-0.4, -0.2) is 35.0 Å². The van der Waals surface area contributed by atoms with Crippen molar-refractivity contribution in [3.05, 3.63) is 90.3 Å². The highest BCUT2D eigenvalue weighted by atomic mass is 15.4. The Bertz CT molecular complexity index is 1200. The summed E-state index contributed by atoms with van der Waals surface area (Å²) in [4.78, 5) is 4.72. The van der Waals surface area contributed by atoms with E-state index < -0.39 is 0 Å². The first-order chi connectivity index (χ1) is 14.7. The molecule has 0 aliphatic carbocycles. The molecular weight excluding hydrogens is 374 g/mol. The van der Waals surface area contributed by atoms with Crippen LogP contribution < -0.4 is 0 Å². The molecule has 0 aliphatic heterocycles. The first kappa shape index (κ1) is 17.9. The normalized spacial score (nSPS) is 11.0. The summed E-state index contributed by atoms with van der Waals surface area (Å²) in [6.45, 7) is 4.11. The molecule has 0 amide bonds. The summed E-state index contributed by atoms with van der Waals surface area (Å²) >= 11 is 0. The van der Waals surface area contributed by atoms with E-state index >= 15 is 0 Å². The smallest absolute Gasteiger partial charge is 0.131 e. The molecule has 0 radical (unpaired) electrons. The minimum atomic E-state index is 0.698. The summed E-state index contributed by atoms with van der Waals surface area (Å²) in [6, 6.07) is 22.0. The molecule has 5 aromatic rings. The number of aryl methyl sites for hydroxylation is 2. The quantitative estimate of drug-likeness (QED) is 0.458. The molecule has 5 rings (SSSR count). The van der Waals surface area contributed by atoms with E-state index in [2.05, 4.69) is 34.5 Å². The maximum Gasteiger partial charge on any atom is 0.131 e. The molecule has 30 heavy (non-hydrogen) atoms. The van der Waals surface area contributed by atoms with Crippen molar-refractivity contribution in [2.45, 2.75) is 13.8 Å². The van der Waals surface area contributed by atoms with Crippen LogP contribution in [-0.2, 0) is 0 Å². The fourth-order valence-corrected chi connectivity index (χ4v) is 3.13. The van der Waals surface area contributed by atoms with Gasteiger partial charge in [-0.25, -0.2) is 14.3 Å². The molecule has 0 spiro atoms. The van der Waals surface area contributed by atoms with Crippen molar-refractivity contribution in [3.8, 4) is 34.2 Å². The van der Waals surface area contributed by atoms with Crippen LogP contribution in [0.25, 0.3) is 34.2 Å². The molecule has 0 N–H and O–H groups in total. The van der Waals surface area contributed by atoms with Crippen LogP contribution in [0.4, 0.5) is 0 Å². The largest absolute Gasteiger partial charge is 0.244 e. The van der Waals surface area contributed by atoms with E-state index in [0.717, 1.165) is 22.8 Å². The van der Waals surface area contributed by atoms with E-state index in [1.807, 2.05) is 79.1 Å². The molecule has 2 aromatic carbocycles. The molecule has 0 aliphatic rings. The number of pyridine rings is 1. The zero-order valence-corrected chi connectivity index (χ0v) is 16.6. The lowest BCUT2D eigenvalue weighted by Gasteiger charge is -2.01. The van der Waals surface area contributed by atoms with Gasteiger partial charge in [-0.3, -0.25) is 0 Å². The lowest BCUT2D eigenvalue weighted by molar-refractivity contribution is 0.803. The average molecular weight is 393 g/mol. The zero-order valence-electron chi connectivity index (χ0n) is 16.6. The van der Waals surface area contributed by atoms with Crippen LogP contribution in [0.2, 0.25) is 0 Å². The Morgan fingerprint density at radius 2 is 0.967 bits per heavy atom. The van der Waals surface area contributed by atoms with Gasteiger partial charge in [0.1, 0.15) is 11.4 Å². The monoisotopic (exact) mass is 393 g/mol. The van der Waals surface area contributed by atoms with Crippen LogP contribution in [0, 0.1) is 13.8 Å². The van der Waals surface area contributed by atoms with Gasteiger partial charge in [0, 0.05) is 0 Å². The average Bonchev–Trinajstić information content (AvgIpc) is 3.45. The van der Waals surface area contributed by atoms with Gasteiger partial charge >= 0.3 is 0 Å². The predicted molar refractivity (Wildman–Crippen MR) is 114 cm³/mol. The Morgan fingerprint density at radius 1 is 0.533 bits per heavy atom. The number of hydrogen-bond acceptors (Lipinski definition) is 5. The van der Waals surface area contributed by atoms with Crippen molar-refractivity contribution < 1.29 is 0 Å². The van der Waals surface area contributed by atoms with Gasteiger partial charge in [-0.1, -0.05) is 51.9 Å². The van der Waals surface area contributed by atoms with Crippen LogP contribution in [0.15, 0.2) is 79.1 Å². The van der Waals surface area contributed by atoms with Crippen LogP contribution >= 0.6 is 0 Å². The van der Waals surface area contributed by atoms with Gasteiger partial charge in [-0.2, -0.15) is 0 Å². The molecule has 0 bridgehead atoms. The van der Waals surface area contributed by atoms with Crippen LogP contribution in [0.3, 0.4) is 0 Å². The van der Waals surface area contributed by atoms with Crippen molar-refractivity contribution >= 4 is 0 Å². The highest BCUT2D eigenvalue weighted by Gasteiger charge is 2.11. The van der Waals surface area contributed by atoms with Gasteiger partial charge in [0.2, 0.25) is 0 Å². The van der Waals surface area contributed by atoms with E-state index in [-0.39, 0.29) is 0 Å². The molecule has 3 heterocycles. The fraction of sp³-hybridized carbons (Fsp3) is 0.0870. The summed E-state index contributed by atoms with van der Waals surface area (Å²) < 4.78 is 3.49. The van der Waals surface area contributed by atoms with Crippen molar-refractivity contribution in [2.75, 3.05) is 0 Å². The minimum Gasteiger partial charge on any atom is -0.244 e. The molecule has 146 valence electrons. The minimum absolute atomic E-state index is 0.698. The third-order valence-electron chi connectivity index (χ3n) is 4.86. The van der Waals surface area contributed by atoms with Crippen molar-refractivity contribution in [3.63, 3.8) is 0 Å². The third kappa shape index (κ3) is 3.48. The highest BCUT2D eigenvalue weighted by molar-refractivity contribution is 5.61. The maximum atomic E-state index is 4.72. The fourth-order valence-electron chi connectivity index (χ4n) is 3.13. The van der Waals surface area contributed by atoms with Gasteiger partial charge in [0.05, 0.1) is 35.2 Å². The van der Waals surface area contributed by atoms with E-state index in [0.29, 0.717) is 11.4 Å². The van der Waals surface area contributed by atoms with Gasteiger partial charge in [-0.15, -0.1) is 10.2 Å². The van der Waals surface area contributed by atoms with Gasteiger partial charge in [0.25, 0.3) is 0 Å². The Kier molecular flexibility index (Phi) is 4.40. The molecule has 0 saturated heterocycles. The first-order valence-electron chi connectivity index (χ1n) is 9.62. The number of benzene rings is 2. The van der Waals surface area contributed by atoms with E-state index in [1.54, 1.807) is 9.36 Å². The number of rotatable bonds is 4. The topological polar surface area (TPSA) is 74.3 Å². The van der Waals surface area contributed by atoms with E-state index in [4.69, 9.17) is 4.98 Å². The molecule has 3 aromatic heterocycles. The zero-order chi connectivity index (χ0) is 20.5. The Labute approximate surface area is 173 Å². The summed E-state index contributed by atoms with van der Waals surface area (Å²) in [6.07, 6.45) is 3.75. The van der Waals surface area contributed by atoms with Crippen LogP contribution in [0.1, 0.15) is 11.1 Å². The maximum absolute atomic E-state index is 4.72. The molecule has 0 saturated carbocycles. The third-order valence-corrected chi connectivity index (χ3v) is 4.86. The Morgan fingerprint density at radius 3 is 1.40 bits per heavy atom. The lowest BCUT2D eigenvalue weighted by Crippen LogP contribution is -1.94. The molecular formula is C23H19N7. The summed E-state index contributed by atoms with van der Waals surface area (Å²) in [5, 5.41) is 17.1. The number of aromatic nitrogens is 7. The van der Waals surface area contributed by atoms with Crippen molar-refractivity contribution in [2.24, 2.45) is 0 Å². The number of hydrogen-bond donors (Lipinski definition) is 0. The summed E-state index contributed by atoms with van der Waals surface area (Å²) in [5.41, 5.74) is 7.17. The van der Waals surface area contributed by atoms with Gasteiger partial charge < -0.3 is 0 Å². The highest BCUT2D eigenvalue weighted by Crippen LogP contribution is 2.21. The van der Waals surface area contributed by atoms with E-state index in [1.165, 1.54) is 11.1 Å². The molecule has 0 fully saturated rings. The summed E-state index contributed by atoms with van der Waals surface area (Å²) in [7, 11) is 0. The molecule has 0 unspecified atom stereocenters. The first-order valence-corrected chi connectivity index (χ1v) is 9.62. The number of nitrogens with zero attached hydrogens (tertiary/aromatic N) is 7. The SMILES string of the molecule is Cc1ccc(-n2cc(-c3cccc(-c4cn(-c5ccc(C)cc5)nn4)n3)nn2)cc1. The molecule has 0 atom stereocenters. The lowest BCUT2D eigenvalue weighted by atomic mass is 10.2. The standard InChI is InChI=1S/C23H19N7/c1-16-6-10-18(11-7-16)29-14-22(25-27-29)20-4-3-5-21(24-20)23-15-30(28-26-23)19-12-8-17(2)9-13-19/h3-15H,1-2H3. The summed E-state index contributed by atoms with van der Waals surface area (Å²) in [5.74, 6) is 0. The van der Waals surface area contributed by atoms with Crippen molar-refractivity contribution in [1.82, 2.24) is 35.0 Å². The van der Waals surface area contributed by atoms with Gasteiger partial charge in [0.15, 0.2) is 0 Å². The Balaban J connectivity index is 1.44. The molecule has 7 heteroatoms. The molecule has 7 nitrogen and oxygen atoms in total. The Hall–Kier alpha value is -4.13. The predicted octanol–water partition coefficient (Wildman–Crippen LogP) is 4.19. The second-order valence-electron chi connectivity index (χ2n) is 7.18. The van der Waals surface area contributed by atoms with Gasteiger partial charge in [-0.05, 0) is 50.2 Å². The van der Waals surface area contributed by atoms with E-state index in [9.17, 15) is 0 Å². The second kappa shape index (κ2) is 7.36.